The summed E-state index contributed by atoms with van der Waals surface area (Å²) in [5, 5.41) is 10.0. The number of carbonyl (C=O) groups is 1. The predicted molar refractivity (Wildman–Crippen MR) is 68.5 cm³/mol. The van der Waals surface area contributed by atoms with Crippen LogP contribution in [0.25, 0.3) is 0 Å². The summed E-state index contributed by atoms with van der Waals surface area (Å²) in [6.07, 6.45) is 6.12. The van der Waals surface area contributed by atoms with Crippen LogP contribution >= 0.6 is 0 Å². The Bertz CT molecular complexity index is 436. The van der Waals surface area contributed by atoms with Crippen LogP contribution < -0.4 is 10.6 Å². The molecule has 1 unspecified atom stereocenters. The molecule has 2 N–H and O–H groups in total. The van der Waals surface area contributed by atoms with E-state index in [0.29, 0.717) is 18.9 Å². The molecule has 0 radical (unpaired) electrons. The highest BCUT2D eigenvalue weighted by molar-refractivity contribution is 5.81. The van der Waals surface area contributed by atoms with Gasteiger partial charge in [-0.05, 0) is 38.1 Å². The van der Waals surface area contributed by atoms with Gasteiger partial charge in [0.2, 0.25) is 11.8 Å². The molecule has 1 amide bonds. The predicted octanol–water partition coefficient (Wildman–Crippen LogP) is 0.433. The van der Waals surface area contributed by atoms with Crippen molar-refractivity contribution in [2.45, 2.75) is 44.6 Å². The van der Waals surface area contributed by atoms with Crippen molar-refractivity contribution in [1.82, 2.24) is 20.8 Å². The summed E-state index contributed by atoms with van der Waals surface area (Å²) < 4.78 is 5.17. The molecule has 1 atom stereocenters. The van der Waals surface area contributed by atoms with Crippen molar-refractivity contribution in [2.24, 2.45) is 5.92 Å². The third kappa shape index (κ3) is 3.53. The van der Waals surface area contributed by atoms with E-state index >= 15 is 0 Å². The first-order valence-corrected chi connectivity index (χ1v) is 7.14. The molecular weight excluding hydrogens is 244 g/mol. The second-order valence-corrected chi connectivity index (χ2v) is 5.44. The van der Waals surface area contributed by atoms with Crippen molar-refractivity contribution in [1.29, 1.82) is 0 Å². The van der Waals surface area contributed by atoms with Gasteiger partial charge in [-0.2, -0.15) is 4.98 Å². The van der Waals surface area contributed by atoms with Gasteiger partial charge >= 0.3 is 0 Å². The number of amides is 1. The van der Waals surface area contributed by atoms with E-state index in [1.165, 1.54) is 12.8 Å². The fourth-order valence-electron chi connectivity index (χ4n) is 2.38. The van der Waals surface area contributed by atoms with Crippen LogP contribution in [0.1, 0.15) is 37.4 Å². The average Bonchev–Trinajstić information content (AvgIpc) is 2.91. The van der Waals surface area contributed by atoms with Gasteiger partial charge in [-0.25, -0.2) is 0 Å². The van der Waals surface area contributed by atoms with Gasteiger partial charge in [0.1, 0.15) is 0 Å². The molecule has 19 heavy (non-hydrogen) atoms. The fourth-order valence-corrected chi connectivity index (χ4v) is 2.38. The minimum absolute atomic E-state index is 0.0203. The van der Waals surface area contributed by atoms with E-state index in [-0.39, 0.29) is 11.9 Å². The molecule has 1 aliphatic carbocycles. The van der Waals surface area contributed by atoms with Crippen LogP contribution in [-0.4, -0.2) is 35.2 Å². The van der Waals surface area contributed by atoms with E-state index in [9.17, 15) is 4.79 Å². The summed E-state index contributed by atoms with van der Waals surface area (Å²) in [5.41, 5.74) is 0. The molecule has 104 valence electrons. The molecule has 2 fully saturated rings. The summed E-state index contributed by atoms with van der Waals surface area (Å²) in [6, 6.07) is -0.0203. The van der Waals surface area contributed by atoms with Crippen LogP contribution in [0.4, 0.5) is 0 Å². The second-order valence-electron chi connectivity index (χ2n) is 5.44. The molecule has 3 rings (SSSR count). The lowest BCUT2D eigenvalue weighted by Crippen LogP contribution is -2.41. The molecule has 2 heterocycles. The SMILES string of the molecule is O=C(NCCc1nc(CC2CC2)no1)C1CCCN1. The number of aromatic nitrogens is 2. The number of nitrogens with one attached hydrogen (secondary N) is 2. The molecule has 1 aromatic heterocycles. The molecule has 1 aromatic rings. The minimum atomic E-state index is -0.0203. The zero-order chi connectivity index (χ0) is 13.1. The number of carbonyl (C=O) groups excluding carboxylic acids is 1. The molecule has 6 heteroatoms. The van der Waals surface area contributed by atoms with Gasteiger partial charge in [-0.3, -0.25) is 4.79 Å². The Morgan fingerprint density at radius 2 is 2.32 bits per heavy atom. The van der Waals surface area contributed by atoms with Gasteiger partial charge in [0.05, 0.1) is 6.04 Å². The summed E-state index contributed by atoms with van der Waals surface area (Å²) >= 11 is 0. The zero-order valence-electron chi connectivity index (χ0n) is 11.0. The first-order valence-electron chi connectivity index (χ1n) is 7.14. The monoisotopic (exact) mass is 264 g/mol. The average molecular weight is 264 g/mol. The zero-order valence-corrected chi connectivity index (χ0v) is 11.0. The maximum absolute atomic E-state index is 11.8. The normalized spacial score (nSPS) is 22.6. The van der Waals surface area contributed by atoms with Crippen molar-refractivity contribution in [2.75, 3.05) is 13.1 Å². The topological polar surface area (TPSA) is 80.1 Å². The Balaban J connectivity index is 1.38. The van der Waals surface area contributed by atoms with Gasteiger partial charge in [-0.15, -0.1) is 0 Å². The van der Waals surface area contributed by atoms with E-state index in [0.717, 1.165) is 37.5 Å². The molecule has 1 aliphatic heterocycles. The third-order valence-corrected chi connectivity index (χ3v) is 3.69. The molecule has 1 saturated carbocycles. The standard InChI is InChI=1S/C13H20N4O2/c18-13(10-2-1-6-14-10)15-7-5-12-16-11(17-19-12)8-9-3-4-9/h9-10,14H,1-8H2,(H,15,18). The van der Waals surface area contributed by atoms with Gasteiger partial charge in [0, 0.05) is 19.4 Å². The summed E-state index contributed by atoms with van der Waals surface area (Å²) in [5.74, 6) is 2.27. The lowest BCUT2D eigenvalue weighted by Gasteiger charge is -2.09. The quantitative estimate of drug-likeness (QED) is 0.779. The number of hydrogen-bond donors (Lipinski definition) is 2. The first-order chi connectivity index (χ1) is 9.31. The Morgan fingerprint density at radius 3 is 3.05 bits per heavy atom. The summed E-state index contributed by atoms with van der Waals surface area (Å²) in [6.45, 7) is 1.49. The summed E-state index contributed by atoms with van der Waals surface area (Å²) in [7, 11) is 0. The fraction of sp³-hybridized carbons (Fsp3) is 0.769. The first kappa shape index (κ1) is 12.6. The van der Waals surface area contributed by atoms with E-state index in [1.54, 1.807) is 0 Å². The Morgan fingerprint density at radius 1 is 1.42 bits per heavy atom. The van der Waals surface area contributed by atoms with Gasteiger partial charge in [-0.1, -0.05) is 5.16 Å². The highest BCUT2D eigenvalue weighted by atomic mass is 16.5. The number of hydrogen-bond acceptors (Lipinski definition) is 5. The van der Waals surface area contributed by atoms with Crippen LogP contribution in [0.2, 0.25) is 0 Å². The van der Waals surface area contributed by atoms with E-state index in [2.05, 4.69) is 20.8 Å². The molecule has 0 spiro atoms. The molecule has 1 saturated heterocycles. The van der Waals surface area contributed by atoms with Crippen LogP contribution in [0.5, 0.6) is 0 Å². The molecule has 0 bridgehead atoms. The Hall–Kier alpha value is -1.43. The summed E-state index contributed by atoms with van der Waals surface area (Å²) in [4.78, 5) is 16.1. The van der Waals surface area contributed by atoms with Gasteiger partial charge in [0.25, 0.3) is 0 Å². The van der Waals surface area contributed by atoms with Gasteiger partial charge in [0.15, 0.2) is 5.82 Å². The minimum Gasteiger partial charge on any atom is -0.354 e. The van der Waals surface area contributed by atoms with Crippen molar-refractivity contribution in [3.8, 4) is 0 Å². The van der Waals surface area contributed by atoms with Crippen molar-refractivity contribution in [3.05, 3.63) is 11.7 Å². The third-order valence-electron chi connectivity index (χ3n) is 3.69. The molecular formula is C13H20N4O2. The molecule has 6 nitrogen and oxygen atoms in total. The van der Waals surface area contributed by atoms with E-state index < -0.39 is 0 Å². The van der Waals surface area contributed by atoms with Crippen LogP contribution in [-0.2, 0) is 17.6 Å². The highest BCUT2D eigenvalue weighted by Gasteiger charge is 2.24. The van der Waals surface area contributed by atoms with Crippen molar-refractivity contribution >= 4 is 5.91 Å². The van der Waals surface area contributed by atoms with E-state index in [4.69, 9.17) is 4.52 Å². The van der Waals surface area contributed by atoms with Crippen molar-refractivity contribution in [3.63, 3.8) is 0 Å². The van der Waals surface area contributed by atoms with Crippen molar-refractivity contribution < 1.29 is 9.32 Å². The lowest BCUT2D eigenvalue weighted by molar-refractivity contribution is -0.122. The van der Waals surface area contributed by atoms with Crippen LogP contribution in [0.15, 0.2) is 4.52 Å². The maximum Gasteiger partial charge on any atom is 0.237 e. The molecule has 0 aromatic carbocycles. The second kappa shape index (κ2) is 5.69. The lowest BCUT2D eigenvalue weighted by atomic mass is 10.2. The van der Waals surface area contributed by atoms with Crippen LogP contribution in [0, 0.1) is 5.92 Å². The smallest absolute Gasteiger partial charge is 0.237 e. The molecule has 2 aliphatic rings. The highest BCUT2D eigenvalue weighted by Crippen LogP contribution is 2.31. The van der Waals surface area contributed by atoms with Gasteiger partial charge < -0.3 is 15.2 Å². The number of rotatable bonds is 6. The Kier molecular flexibility index (Phi) is 3.77. The van der Waals surface area contributed by atoms with Crippen LogP contribution in [0.3, 0.4) is 0 Å². The van der Waals surface area contributed by atoms with E-state index in [1.807, 2.05) is 0 Å². The number of nitrogens with zero attached hydrogens (tertiary/aromatic N) is 2. The maximum atomic E-state index is 11.8. The largest absolute Gasteiger partial charge is 0.354 e. The Labute approximate surface area is 112 Å².